The standard InChI is InChI=1S/C9H7Cl2FO2/c1-9(12,8(13)14)5-2-6(10)4-7(11)3-5/h2-4H,1H3,(H,13,14). The largest absolute Gasteiger partial charge is 0.479 e. The number of alkyl halides is 1. The molecule has 14 heavy (non-hydrogen) atoms. The fourth-order valence-electron chi connectivity index (χ4n) is 0.948. The molecule has 1 N–H and O–H groups in total. The molecule has 0 aliphatic rings. The van der Waals surface area contributed by atoms with Gasteiger partial charge in [0.1, 0.15) is 0 Å². The van der Waals surface area contributed by atoms with E-state index in [0.29, 0.717) is 0 Å². The van der Waals surface area contributed by atoms with Gasteiger partial charge in [-0.25, -0.2) is 9.18 Å². The molecule has 0 spiro atoms. The summed E-state index contributed by atoms with van der Waals surface area (Å²) in [6, 6.07) is 3.88. The van der Waals surface area contributed by atoms with E-state index < -0.39 is 11.6 Å². The second-order valence-electron chi connectivity index (χ2n) is 2.97. The van der Waals surface area contributed by atoms with Gasteiger partial charge in [0, 0.05) is 15.6 Å². The second kappa shape index (κ2) is 3.75. The van der Waals surface area contributed by atoms with Crippen LogP contribution in [0.3, 0.4) is 0 Å². The number of carboxylic acids is 1. The van der Waals surface area contributed by atoms with Crippen LogP contribution in [0.1, 0.15) is 12.5 Å². The lowest BCUT2D eigenvalue weighted by molar-refractivity contribution is -0.150. The number of hydrogen-bond donors (Lipinski definition) is 1. The Bertz CT molecular complexity index is 357. The first-order valence-electron chi connectivity index (χ1n) is 3.73. The summed E-state index contributed by atoms with van der Waals surface area (Å²) in [5.74, 6) is -1.57. The predicted octanol–water partition coefficient (Wildman–Crippen LogP) is 3.26. The van der Waals surface area contributed by atoms with Gasteiger partial charge in [0.2, 0.25) is 5.67 Å². The van der Waals surface area contributed by atoms with E-state index in [9.17, 15) is 9.18 Å². The van der Waals surface area contributed by atoms with Crippen molar-refractivity contribution in [3.8, 4) is 0 Å². The van der Waals surface area contributed by atoms with Gasteiger partial charge < -0.3 is 5.11 Å². The first kappa shape index (κ1) is 11.3. The number of rotatable bonds is 2. The zero-order chi connectivity index (χ0) is 10.9. The number of carbonyl (C=O) groups is 1. The van der Waals surface area contributed by atoms with Gasteiger partial charge in [-0.15, -0.1) is 0 Å². The lowest BCUT2D eigenvalue weighted by atomic mass is 9.98. The van der Waals surface area contributed by atoms with Crippen LogP contribution < -0.4 is 0 Å². The summed E-state index contributed by atoms with van der Waals surface area (Å²) in [6.07, 6.45) is 0. The maximum Gasteiger partial charge on any atom is 0.345 e. The van der Waals surface area contributed by atoms with Crippen LogP contribution in [0.4, 0.5) is 4.39 Å². The van der Waals surface area contributed by atoms with Crippen LogP contribution in [0.25, 0.3) is 0 Å². The van der Waals surface area contributed by atoms with Gasteiger partial charge >= 0.3 is 5.97 Å². The van der Waals surface area contributed by atoms with Gasteiger partial charge in [-0.05, 0) is 25.1 Å². The zero-order valence-electron chi connectivity index (χ0n) is 7.22. The molecular formula is C9H7Cl2FO2. The maximum absolute atomic E-state index is 13.6. The number of hydrogen-bond acceptors (Lipinski definition) is 1. The Morgan fingerprint density at radius 1 is 1.36 bits per heavy atom. The highest BCUT2D eigenvalue weighted by atomic mass is 35.5. The summed E-state index contributed by atoms with van der Waals surface area (Å²) in [4.78, 5) is 10.6. The average Bonchev–Trinajstić information content (AvgIpc) is 2.01. The minimum atomic E-state index is -2.48. The minimum absolute atomic E-state index is 0.0671. The SMILES string of the molecule is CC(F)(C(=O)O)c1cc(Cl)cc(Cl)c1. The molecule has 1 unspecified atom stereocenters. The molecule has 0 saturated carbocycles. The maximum atomic E-state index is 13.6. The van der Waals surface area contributed by atoms with Crippen molar-refractivity contribution < 1.29 is 14.3 Å². The van der Waals surface area contributed by atoms with Gasteiger partial charge in [-0.2, -0.15) is 0 Å². The first-order valence-corrected chi connectivity index (χ1v) is 4.48. The van der Waals surface area contributed by atoms with Gasteiger partial charge in [-0.1, -0.05) is 23.2 Å². The summed E-state index contributed by atoms with van der Waals surface area (Å²) in [5.41, 5.74) is -2.54. The summed E-state index contributed by atoms with van der Waals surface area (Å²) in [5, 5.41) is 9.03. The fraction of sp³-hybridized carbons (Fsp3) is 0.222. The summed E-state index contributed by atoms with van der Waals surface area (Å²) in [7, 11) is 0. The molecule has 5 heteroatoms. The normalized spacial score (nSPS) is 14.9. The molecule has 0 aliphatic heterocycles. The van der Waals surface area contributed by atoms with E-state index in [4.69, 9.17) is 28.3 Å². The van der Waals surface area contributed by atoms with Crippen molar-refractivity contribution in [1.29, 1.82) is 0 Å². The molecule has 0 aliphatic carbocycles. The molecule has 0 bridgehead atoms. The third kappa shape index (κ3) is 2.16. The smallest absolute Gasteiger partial charge is 0.345 e. The molecule has 1 atom stereocenters. The van der Waals surface area contributed by atoms with E-state index in [2.05, 4.69) is 0 Å². The van der Waals surface area contributed by atoms with Crippen molar-refractivity contribution in [2.45, 2.75) is 12.6 Å². The van der Waals surface area contributed by atoms with Crippen molar-refractivity contribution in [3.63, 3.8) is 0 Å². The molecule has 1 aromatic carbocycles. The van der Waals surface area contributed by atoms with E-state index in [1.54, 1.807) is 0 Å². The monoisotopic (exact) mass is 236 g/mol. The Morgan fingerprint density at radius 2 is 1.79 bits per heavy atom. The topological polar surface area (TPSA) is 37.3 Å². The van der Waals surface area contributed by atoms with Crippen molar-refractivity contribution in [1.82, 2.24) is 0 Å². The second-order valence-corrected chi connectivity index (χ2v) is 3.84. The minimum Gasteiger partial charge on any atom is -0.479 e. The Balaban J connectivity index is 3.25. The molecule has 0 saturated heterocycles. The third-order valence-corrected chi connectivity index (χ3v) is 2.24. The Morgan fingerprint density at radius 3 is 2.14 bits per heavy atom. The first-order chi connectivity index (χ1) is 6.34. The highest BCUT2D eigenvalue weighted by Crippen LogP contribution is 2.30. The fourth-order valence-corrected chi connectivity index (χ4v) is 1.47. The molecule has 1 aromatic rings. The highest BCUT2D eigenvalue weighted by molar-refractivity contribution is 6.34. The molecule has 76 valence electrons. The lowest BCUT2D eigenvalue weighted by Gasteiger charge is -2.15. The molecule has 0 amide bonds. The number of halogens is 3. The number of aliphatic carboxylic acids is 1. The molecule has 0 heterocycles. The Hall–Kier alpha value is -0.800. The van der Waals surface area contributed by atoms with Crippen molar-refractivity contribution in [3.05, 3.63) is 33.8 Å². The Labute approximate surface area is 90.3 Å². The van der Waals surface area contributed by atoms with Crippen molar-refractivity contribution in [2.75, 3.05) is 0 Å². The molecular weight excluding hydrogens is 230 g/mol. The summed E-state index contributed by atoms with van der Waals surface area (Å²) < 4.78 is 13.6. The molecule has 0 aromatic heterocycles. The lowest BCUT2D eigenvalue weighted by Crippen LogP contribution is -2.26. The summed E-state index contributed by atoms with van der Waals surface area (Å²) >= 11 is 11.2. The molecule has 1 rings (SSSR count). The van der Waals surface area contributed by atoms with Gasteiger partial charge in [-0.3, -0.25) is 0 Å². The highest BCUT2D eigenvalue weighted by Gasteiger charge is 2.35. The zero-order valence-corrected chi connectivity index (χ0v) is 8.73. The molecule has 0 fully saturated rings. The number of benzene rings is 1. The Kier molecular flexibility index (Phi) is 3.02. The van der Waals surface area contributed by atoms with E-state index in [1.165, 1.54) is 18.2 Å². The third-order valence-electron chi connectivity index (χ3n) is 1.81. The van der Waals surface area contributed by atoms with Crippen LogP contribution in [0.2, 0.25) is 10.0 Å². The summed E-state index contributed by atoms with van der Waals surface area (Å²) in [6.45, 7) is 0.942. The quantitative estimate of drug-likeness (QED) is 0.856. The van der Waals surface area contributed by atoms with Crippen LogP contribution >= 0.6 is 23.2 Å². The van der Waals surface area contributed by atoms with Gasteiger partial charge in [0.05, 0.1) is 0 Å². The number of carboxylic acid groups (broad SMARTS) is 1. The van der Waals surface area contributed by atoms with Crippen LogP contribution in [0, 0.1) is 0 Å². The molecule has 2 nitrogen and oxygen atoms in total. The van der Waals surface area contributed by atoms with Crippen molar-refractivity contribution in [2.24, 2.45) is 0 Å². The van der Waals surface area contributed by atoms with E-state index >= 15 is 0 Å². The average molecular weight is 237 g/mol. The van der Waals surface area contributed by atoms with Crippen LogP contribution in [0.15, 0.2) is 18.2 Å². The van der Waals surface area contributed by atoms with Gasteiger partial charge in [0.15, 0.2) is 0 Å². The van der Waals surface area contributed by atoms with E-state index in [1.807, 2.05) is 0 Å². The van der Waals surface area contributed by atoms with Crippen LogP contribution in [0.5, 0.6) is 0 Å². The van der Waals surface area contributed by atoms with E-state index in [0.717, 1.165) is 6.92 Å². The van der Waals surface area contributed by atoms with Gasteiger partial charge in [0.25, 0.3) is 0 Å². The van der Waals surface area contributed by atoms with E-state index in [-0.39, 0.29) is 15.6 Å². The van der Waals surface area contributed by atoms with Crippen LogP contribution in [-0.2, 0) is 10.5 Å². The molecule has 0 radical (unpaired) electrons. The van der Waals surface area contributed by atoms with Crippen LogP contribution in [-0.4, -0.2) is 11.1 Å². The van der Waals surface area contributed by atoms with Crippen molar-refractivity contribution >= 4 is 29.2 Å². The predicted molar refractivity (Wildman–Crippen MR) is 52.6 cm³/mol.